The summed E-state index contributed by atoms with van der Waals surface area (Å²) in [7, 11) is -3.95. The number of carboxylic acid groups (broad SMARTS) is 1. The van der Waals surface area contributed by atoms with Crippen LogP contribution in [-0.2, 0) is 34.3 Å². The van der Waals surface area contributed by atoms with Gasteiger partial charge in [0.25, 0.3) is 10.0 Å². The molecular formula is C15H17N3O4S. The SMILES string of the molecule is CCn1nccc1S(=O)(=O)N1Cc2ccccc2CC1C(=O)O. The number of benzene rings is 1. The van der Waals surface area contributed by atoms with Crippen molar-refractivity contribution in [2.24, 2.45) is 0 Å². The van der Waals surface area contributed by atoms with E-state index >= 15 is 0 Å². The molecule has 0 amide bonds. The van der Waals surface area contributed by atoms with Crippen molar-refractivity contribution in [3.63, 3.8) is 0 Å². The Morgan fingerprint density at radius 3 is 2.65 bits per heavy atom. The van der Waals surface area contributed by atoms with Gasteiger partial charge in [-0.05, 0) is 24.1 Å². The quantitative estimate of drug-likeness (QED) is 0.903. The first-order valence-electron chi connectivity index (χ1n) is 7.28. The number of hydrogen-bond donors (Lipinski definition) is 1. The predicted molar refractivity (Wildman–Crippen MR) is 82.2 cm³/mol. The third-order valence-corrected chi connectivity index (χ3v) is 5.92. The molecule has 1 aromatic carbocycles. The Labute approximate surface area is 134 Å². The zero-order valence-electron chi connectivity index (χ0n) is 12.6. The number of fused-ring (bicyclic) bond motifs is 1. The van der Waals surface area contributed by atoms with Crippen LogP contribution in [0.5, 0.6) is 0 Å². The molecule has 1 atom stereocenters. The van der Waals surface area contributed by atoms with E-state index in [2.05, 4.69) is 5.10 Å². The molecule has 8 heteroatoms. The second-order valence-electron chi connectivity index (χ2n) is 5.36. The molecule has 0 radical (unpaired) electrons. The van der Waals surface area contributed by atoms with Crippen molar-refractivity contribution in [2.45, 2.75) is 37.5 Å². The highest BCUT2D eigenvalue weighted by Gasteiger charge is 2.40. The van der Waals surface area contributed by atoms with Gasteiger partial charge in [0, 0.05) is 19.5 Å². The Morgan fingerprint density at radius 1 is 1.30 bits per heavy atom. The number of carboxylic acids is 1. The molecule has 0 saturated heterocycles. The van der Waals surface area contributed by atoms with Crippen molar-refractivity contribution in [1.29, 1.82) is 0 Å². The van der Waals surface area contributed by atoms with E-state index < -0.39 is 22.0 Å². The van der Waals surface area contributed by atoms with Crippen molar-refractivity contribution in [1.82, 2.24) is 14.1 Å². The molecule has 1 N–H and O–H groups in total. The normalized spacial score (nSPS) is 18.6. The van der Waals surface area contributed by atoms with Crippen LogP contribution in [0.25, 0.3) is 0 Å². The van der Waals surface area contributed by atoms with Crippen LogP contribution >= 0.6 is 0 Å². The molecule has 2 aromatic rings. The molecule has 1 aliphatic heterocycles. The van der Waals surface area contributed by atoms with Gasteiger partial charge in [0.15, 0.2) is 5.03 Å². The van der Waals surface area contributed by atoms with Gasteiger partial charge < -0.3 is 5.11 Å². The fourth-order valence-electron chi connectivity index (χ4n) is 2.86. The van der Waals surface area contributed by atoms with E-state index in [1.807, 2.05) is 24.3 Å². The van der Waals surface area contributed by atoms with Crippen LogP contribution in [0, 0.1) is 0 Å². The summed E-state index contributed by atoms with van der Waals surface area (Å²) in [6, 6.07) is 7.60. The molecule has 122 valence electrons. The zero-order valence-corrected chi connectivity index (χ0v) is 13.4. The zero-order chi connectivity index (χ0) is 16.6. The van der Waals surface area contributed by atoms with E-state index in [4.69, 9.17) is 0 Å². The van der Waals surface area contributed by atoms with Gasteiger partial charge in [-0.15, -0.1) is 0 Å². The van der Waals surface area contributed by atoms with Gasteiger partial charge in [0.2, 0.25) is 0 Å². The number of nitrogens with zero attached hydrogens (tertiary/aromatic N) is 3. The Bertz CT molecular complexity index is 844. The Kier molecular flexibility index (Phi) is 3.95. The summed E-state index contributed by atoms with van der Waals surface area (Å²) < 4.78 is 28.3. The fourth-order valence-corrected chi connectivity index (χ4v) is 4.58. The average Bonchev–Trinajstić information content (AvgIpc) is 3.03. The van der Waals surface area contributed by atoms with Crippen molar-refractivity contribution in [3.8, 4) is 0 Å². The molecule has 0 spiro atoms. The largest absolute Gasteiger partial charge is 0.480 e. The standard InChI is InChI=1S/C15H17N3O4S/c1-2-17-14(7-8-16-17)23(21,22)18-10-12-6-4-3-5-11(12)9-13(18)15(19)20/h3-8,13H,2,9-10H2,1H3,(H,19,20). The van der Waals surface area contributed by atoms with Gasteiger partial charge in [-0.1, -0.05) is 24.3 Å². The molecule has 0 aliphatic carbocycles. The lowest BCUT2D eigenvalue weighted by atomic mass is 9.96. The lowest BCUT2D eigenvalue weighted by Crippen LogP contribution is -2.48. The van der Waals surface area contributed by atoms with E-state index in [9.17, 15) is 18.3 Å². The number of carbonyl (C=O) groups is 1. The van der Waals surface area contributed by atoms with Crippen molar-refractivity contribution >= 4 is 16.0 Å². The van der Waals surface area contributed by atoms with Crippen molar-refractivity contribution in [2.75, 3.05) is 0 Å². The third kappa shape index (κ3) is 2.64. The van der Waals surface area contributed by atoms with Crippen LogP contribution in [0.4, 0.5) is 0 Å². The third-order valence-electron chi connectivity index (χ3n) is 4.04. The van der Waals surface area contributed by atoms with E-state index in [0.29, 0.717) is 6.54 Å². The minimum atomic E-state index is -3.95. The van der Waals surface area contributed by atoms with Crippen LogP contribution < -0.4 is 0 Å². The molecule has 0 fully saturated rings. The van der Waals surface area contributed by atoms with Gasteiger partial charge in [-0.3, -0.25) is 9.48 Å². The maximum atomic E-state index is 13.0. The molecule has 0 saturated carbocycles. The predicted octanol–water partition coefficient (Wildman–Crippen LogP) is 1.10. The molecule has 23 heavy (non-hydrogen) atoms. The molecule has 2 heterocycles. The maximum absolute atomic E-state index is 13.0. The summed E-state index contributed by atoms with van der Waals surface area (Å²) in [5.41, 5.74) is 1.70. The molecule has 7 nitrogen and oxygen atoms in total. The minimum absolute atomic E-state index is 0.0191. The summed E-state index contributed by atoms with van der Waals surface area (Å²) >= 11 is 0. The summed E-state index contributed by atoms with van der Waals surface area (Å²) in [5.74, 6) is -1.15. The highest BCUT2D eigenvalue weighted by atomic mass is 32.2. The Hall–Kier alpha value is -2.19. The van der Waals surface area contributed by atoms with Gasteiger partial charge in [0.1, 0.15) is 6.04 Å². The van der Waals surface area contributed by atoms with Crippen LogP contribution in [-0.4, -0.2) is 39.6 Å². The van der Waals surface area contributed by atoms with E-state index in [0.717, 1.165) is 15.4 Å². The Morgan fingerprint density at radius 2 is 2.00 bits per heavy atom. The van der Waals surface area contributed by atoms with Crippen molar-refractivity contribution in [3.05, 3.63) is 47.7 Å². The number of aromatic nitrogens is 2. The molecular weight excluding hydrogens is 318 g/mol. The van der Waals surface area contributed by atoms with Crippen LogP contribution in [0.15, 0.2) is 41.6 Å². The van der Waals surface area contributed by atoms with Crippen LogP contribution in [0.2, 0.25) is 0 Å². The first-order valence-corrected chi connectivity index (χ1v) is 8.72. The number of rotatable bonds is 4. The van der Waals surface area contributed by atoms with E-state index in [-0.39, 0.29) is 18.0 Å². The summed E-state index contributed by atoms with van der Waals surface area (Å²) in [4.78, 5) is 11.6. The van der Waals surface area contributed by atoms with Crippen LogP contribution in [0.1, 0.15) is 18.1 Å². The molecule has 0 bridgehead atoms. The number of aliphatic carboxylic acids is 1. The molecule has 1 aromatic heterocycles. The fraction of sp³-hybridized carbons (Fsp3) is 0.333. The number of aryl methyl sites for hydroxylation is 1. The average molecular weight is 335 g/mol. The number of hydrogen-bond acceptors (Lipinski definition) is 4. The second kappa shape index (κ2) is 5.78. The summed E-state index contributed by atoms with van der Waals surface area (Å²) in [6.45, 7) is 2.22. The highest BCUT2D eigenvalue weighted by molar-refractivity contribution is 7.89. The first-order chi connectivity index (χ1) is 10.9. The van der Waals surface area contributed by atoms with Gasteiger partial charge in [-0.25, -0.2) is 8.42 Å². The monoisotopic (exact) mass is 335 g/mol. The van der Waals surface area contributed by atoms with Gasteiger partial charge in [0.05, 0.1) is 6.20 Å². The Balaban J connectivity index is 2.08. The van der Waals surface area contributed by atoms with E-state index in [1.165, 1.54) is 16.9 Å². The molecule has 3 rings (SSSR count). The van der Waals surface area contributed by atoms with Crippen molar-refractivity contribution < 1.29 is 18.3 Å². The van der Waals surface area contributed by atoms with Crippen LogP contribution in [0.3, 0.4) is 0 Å². The van der Waals surface area contributed by atoms with E-state index in [1.54, 1.807) is 6.92 Å². The van der Waals surface area contributed by atoms with Gasteiger partial charge in [-0.2, -0.15) is 9.40 Å². The second-order valence-corrected chi connectivity index (χ2v) is 7.20. The molecule has 1 aliphatic rings. The minimum Gasteiger partial charge on any atom is -0.480 e. The molecule has 1 unspecified atom stereocenters. The number of sulfonamides is 1. The van der Waals surface area contributed by atoms with Gasteiger partial charge >= 0.3 is 5.97 Å². The smallest absolute Gasteiger partial charge is 0.322 e. The highest BCUT2D eigenvalue weighted by Crippen LogP contribution is 2.29. The summed E-state index contributed by atoms with van der Waals surface area (Å²) in [6.07, 6.45) is 1.56. The summed E-state index contributed by atoms with van der Waals surface area (Å²) in [5, 5.41) is 13.5. The topological polar surface area (TPSA) is 92.5 Å². The first kappa shape index (κ1) is 15.7. The maximum Gasteiger partial charge on any atom is 0.322 e. The lowest BCUT2D eigenvalue weighted by molar-refractivity contribution is -0.141. The lowest BCUT2D eigenvalue weighted by Gasteiger charge is -2.33.